The van der Waals surface area contributed by atoms with Crippen molar-refractivity contribution in [3.05, 3.63) is 30.0 Å². The van der Waals surface area contributed by atoms with Crippen molar-refractivity contribution < 1.29 is 22.7 Å². The maximum Gasteiger partial charge on any atom is 0.371 e. The molecule has 0 amide bonds. The molecule has 5 nitrogen and oxygen atoms in total. The summed E-state index contributed by atoms with van der Waals surface area (Å²) in [4.78, 5) is 10.9. The molecule has 2 rings (SSSR count). The summed E-state index contributed by atoms with van der Waals surface area (Å²) < 4.78 is 28.3. The van der Waals surface area contributed by atoms with Crippen LogP contribution in [0.25, 0.3) is 11.0 Å². The second kappa shape index (κ2) is 3.89. The molecule has 0 aliphatic carbocycles. The molecule has 1 aromatic carbocycles. The molecule has 0 spiro atoms. The number of fused-ring (bicyclic) bond motifs is 1. The molecule has 0 unspecified atom stereocenters. The van der Waals surface area contributed by atoms with Gasteiger partial charge in [0.15, 0.2) is 9.84 Å². The van der Waals surface area contributed by atoms with Gasteiger partial charge in [-0.05, 0) is 24.3 Å². The van der Waals surface area contributed by atoms with Gasteiger partial charge in [0.2, 0.25) is 5.76 Å². The molecule has 90 valence electrons. The minimum Gasteiger partial charge on any atom is -0.475 e. The number of carboxylic acid groups (broad SMARTS) is 1. The molecular formula is C11H10O5S. The number of sulfone groups is 1. The van der Waals surface area contributed by atoms with E-state index in [9.17, 15) is 13.2 Å². The molecule has 0 fully saturated rings. The van der Waals surface area contributed by atoms with Crippen molar-refractivity contribution in [2.75, 3.05) is 5.75 Å². The van der Waals surface area contributed by atoms with Gasteiger partial charge in [0.25, 0.3) is 0 Å². The first-order valence-corrected chi connectivity index (χ1v) is 6.59. The lowest BCUT2D eigenvalue weighted by atomic mass is 10.2. The van der Waals surface area contributed by atoms with Gasteiger partial charge in [0.1, 0.15) is 5.58 Å². The van der Waals surface area contributed by atoms with Crippen LogP contribution in [0.5, 0.6) is 0 Å². The van der Waals surface area contributed by atoms with Crippen LogP contribution < -0.4 is 0 Å². The Morgan fingerprint density at radius 1 is 1.35 bits per heavy atom. The highest BCUT2D eigenvalue weighted by Gasteiger charge is 2.15. The van der Waals surface area contributed by atoms with Gasteiger partial charge in [-0.1, -0.05) is 6.92 Å². The molecule has 0 aliphatic rings. The van der Waals surface area contributed by atoms with Gasteiger partial charge in [0.05, 0.1) is 10.6 Å². The van der Waals surface area contributed by atoms with Gasteiger partial charge in [-0.3, -0.25) is 0 Å². The lowest BCUT2D eigenvalue weighted by Crippen LogP contribution is -2.02. The van der Waals surface area contributed by atoms with E-state index in [-0.39, 0.29) is 16.4 Å². The Bertz CT molecular complexity index is 681. The Morgan fingerprint density at radius 3 is 2.65 bits per heavy atom. The summed E-state index contributed by atoms with van der Waals surface area (Å²) in [7, 11) is -3.29. The van der Waals surface area contributed by atoms with Gasteiger partial charge in [-0.2, -0.15) is 0 Å². The van der Waals surface area contributed by atoms with Crippen molar-refractivity contribution in [1.29, 1.82) is 0 Å². The average Bonchev–Trinajstić information content (AvgIpc) is 2.71. The number of hydrogen-bond donors (Lipinski definition) is 1. The second-order valence-corrected chi connectivity index (χ2v) is 5.80. The van der Waals surface area contributed by atoms with Crippen LogP contribution in [0.3, 0.4) is 0 Å². The predicted octanol–water partition coefficient (Wildman–Crippen LogP) is 1.92. The molecule has 0 atom stereocenters. The predicted molar refractivity (Wildman–Crippen MR) is 60.9 cm³/mol. The van der Waals surface area contributed by atoms with Gasteiger partial charge in [0, 0.05) is 5.39 Å². The SMILES string of the molecule is CCS(=O)(=O)c1ccc2oc(C(=O)O)cc2c1. The number of carboxylic acids is 1. The Kier molecular flexibility index (Phi) is 2.66. The van der Waals surface area contributed by atoms with E-state index in [1.165, 1.54) is 24.3 Å². The molecule has 1 heterocycles. The third-order valence-electron chi connectivity index (χ3n) is 2.44. The van der Waals surface area contributed by atoms with E-state index in [1.807, 2.05) is 0 Å². The molecule has 0 aliphatic heterocycles. The van der Waals surface area contributed by atoms with Crippen molar-refractivity contribution in [1.82, 2.24) is 0 Å². The molecule has 1 N–H and O–H groups in total. The minimum atomic E-state index is -3.29. The number of furan rings is 1. The quantitative estimate of drug-likeness (QED) is 0.904. The van der Waals surface area contributed by atoms with Crippen molar-refractivity contribution in [3.63, 3.8) is 0 Å². The number of aromatic carboxylic acids is 1. The van der Waals surface area contributed by atoms with E-state index in [0.29, 0.717) is 11.0 Å². The lowest BCUT2D eigenvalue weighted by Gasteiger charge is -1.99. The van der Waals surface area contributed by atoms with Crippen LogP contribution in [0.15, 0.2) is 33.6 Å². The largest absolute Gasteiger partial charge is 0.475 e. The van der Waals surface area contributed by atoms with Gasteiger partial charge in [-0.25, -0.2) is 13.2 Å². The zero-order valence-electron chi connectivity index (χ0n) is 9.00. The average molecular weight is 254 g/mol. The number of benzene rings is 1. The van der Waals surface area contributed by atoms with Crippen molar-refractivity contribution in [2.24, 2.45) is 0 Å². The minimum absolute atomic E-state index is 0.00213. The van der Waals surface area contributed by atoms with E-state index in [0.717, 1.165) is 0 Å². The molecule has 1 aromatic heterocycles. The highest BCUT2D eigenvalue weighted by Crippen LogP contribution is 2.23. The fourth-order valence-corrected chi connectivity index (χ4v) is 2.40. The maximum absolute atomic E-state index is 11.6. The van der Waals surface area contributed by atoms with Gasteiger partial charge in [-0.15, -0.1) is 0 Å². The molecule has 0 radical (unpaired) electrons. The molecule has 0 bridgehead atoms. The van der Waals surface area contributed by atoms with E-state index < -0.39 is 15.8 Å². The fourth-order valence-electron chi connectivity index (χ4n) is 1.49. The highest BCUT2D eigenvalue weighted by molar-refractivity contribution is 7.91. The van der Waals surface area contributed by atoms with Crippen LogP contribution in [0, 0.1) is 0 Å². The molecule has 17 heavy (non-hydrogen) atoms. The Hall–Kier alpha value is -1.82. The van der Waals surface area contributed by atoms with Crippen molar-refractivity contribution >= 4 is 26.8 Å². The summed E-state index contributed by atoms with van der Waals surface area (Å²) in [5.74, 6) is -1.38. The van der Waals surface area contributed by atoms with Crippen LogP contribution in [0.1, 0.15) is 17.5 Å². The third-order valence-corrected chi connectivity index (χ3v) is 4.17. The summed E-state index contributed by atoms with van der Waals surface area (Å²) in [5, 5.41) is 9.22. The number of rotatable bonds is 3. The van der Waals surface area contributed by atoms with Crippen LogP contribution >= 0.6 is 0 Å². The molecule has 0 saturated heterocycles. The fraction of sp³-hybridized carbons (Fsp3) is 0.182. The van der Waals surface area contributed by atoms with Crippen molar-refractivity contribution in [3.8, 4) is 0 Å². The first-order chi connectivity index (χ1) is 7.94. The van der Waals surface area contributed by atoms with Gasteiger partial charge < -0.3 is 9.52 Å². The topological polar surface area (TPSA) is 84.6 Å². The Balaban J connectivity index is 2.62. The van der Waals surface area contributed by atoms with Gasteiger partial charge >= 0.3 is 5.97 Å². The highest BCUT2D eigenvalue weighted by atomic mass is 32.2. The molecular weight excluding hydrogens is 244 g/mol. The number of hydrogen-bond acceptors (Lipinski definition) is 4. The lowest BCUT2D eigenvalue weighted by molar-refractivity contribution is 0.0665. The van der Waals surface area contributed by atoms with E-state index >= 15 is 0 Å². The standard InChI is InChI=1S/C11H10O5S/c1-2-17(14,15)8-3-4-9-7(5-8)6-10(16-9)11(12)13/h3-6H,2H2,1H3,(H,12,13). The van der Waals surface area contributed by atoms with Crippen LogP contribution in [-0.2, 0) is 9.84 Å². The summed E-state index contributed by atoms with van der Waals surface area (Å²) in [5.41, 5.74) is 0.359. The zero-order valence-corrected chi connectivity index (χ0v) is 9.82. The Labute approximate surface area is 97.6 Å². The summed E-state index contributed by atoms with van der Waals surface area (Å²) in [6, 6.07) is 5.61. The second-order valence-electron chi connectivity index (χ2n) is 3.52. The first-order valence-electron chi connectivity index (χ1n) is 4.93. The first kappa shape index (κ1) is 11.7. The smallest absolute Gasteiger partial charge is 0.371 e. The molecule has 2 aromatic rings. The van der Waals surface area contributed by atoms with E-state index in [4.69, 9.17) is 9.52 Å². The van der Waals surface area contributed by atoms with E-state index in [2.05, 4.69) is 0 Å². The Morgan fingerprint density at radius 2 is 2.06 bits per heavy atom. The van der Waals surface area contributed by atoms with E-state index in [1.54, 1.807) is 6.92 Å². The molecule has 0 saturated carbocycles. The summed E-state index contributed by atoms with van der Waals surface area (Å²) >= 11 is 0. The number of carbonyl (C=O) groups is 1. The van der Waals surface area contributed by atoms with Crippen LogP contribution in [-0.4, -0.2) is 25.2 Å². The monoisotopic (exact) mass is 254 g/mol. The third kappa shape index (κ3) is 2.03. The summed E-state index contributed by atoms with van der Waals surface area (Å²) in [6.45, 7) is 1.55. The van der Waals surface area contributed by atoms with Crippen molar-refractivity contribution in [2.45, 2.75) is 11.8 Å². The zero-order chi connectivity index (χ0) is 12.6. The molecule has 6 heteroatoms. The summed E-state index contributed by atoms with van der Waals surface area (Å²) in [6.07, 6.45) is 0. The van der Waals surface area contributed by atoms with Crippen LogP contribution in [0.2, 0.25) is 0 Å². The maximum atomic E-state index is 11.6. The normalized spacial score (nSPS) is 11.8. The van der Waals surface area contributed by atoms with Crippen LogP contribution in [0.4, 0.5) is 0 Å².